The number of halogens is 2. The Kier molecular flexibility index (Phi) is 4.86. The van der Waals surface area contributed by atoms with Crippen LogP contribution in [0, 0.1) is 5.82 Å². The predicted octanol–water partition coefficient (Wildman–Crippen LogP) is 1.55. The van der Waals surface area contributed by atoms with Crippen molar-refractivity contribution in [2.75, 3.05) is 5.88 Å². The summed E-state index contributed by atoms with van der Waals surface area (Å²) < 4.78 is 13.5. The maximum Gasteiger partial charge on any atom is 0.335 e. The SMILES string of the molecule is O=C(O)c1ccc(C(O)C(O)CCCl)c(F)c1. The quantitative estimate of drug-likeness (QED) is 0.704. The van der Waals surface area contributed by atoms with E-state index in [0.717, 1.165) is 18.2 Å². The zero-order chi connectivity index (χ0) is 13.0. The van der Waals surface area contributed by atoms with E-state index in [0.29, 0.717) is 0 Å². The minimum absolute atomic E-state index is 0.114. The highest BCUT2D eigenvalue weighted by Crippen LogP contribution is 2.23. The van der Waals surface area contributed by atoms with Gasteiger partial charge in [0, 0.05) is 11.4 Å². The summed E-state index contributed by atoms with van der Waals surface area (Å²) in [5.74, 6) is -2.00. The fraction of sp³-hybridized carbons (Fsp3) is 0.364. The molecule has 0 aliphatic carbocycles. The van der Waals surface area contributed by atoms with Crippen molar-refractivity contribution in [3.8, 4) is 0 Å². The molecule has 0 saturated heterocycles. The topological polar surface area (TPSA) is 77.8 Å². The number of aliphatic hydroxyl groups excluding tert-OH is 2. The van der Waals surface area contributed by atoms with Crippen LogP contribution in [0.1, 0.15) is 28.4 Å². The highest BCUT2D eigenvalue weighted by atomic mass is 35.5. The lowest BCUT2D eigenvalue weighted by atomic mass is 10.0. The molecule has 0 bridgehead atoms. The van der Waals surface area contributed by atoms with Gasteiger partial charge in [0.1, 0.15) is 11.9 Å². The molecule has 0 heterocycles. The molecular weight excluding hydrogens is 251 g/mol. The number of carbonyl (C=O) groups is 1. The van der Waals surface area contributed by atoms with Crippen molar-refractivity contribution < 1.29 is 24.5 Å². The second-order valence-corrected chi connectivity index (χ2v) is 3.91. The number of aromatic carboxylic acids is 1. The number of hydrogen-bond donors (Lipinski definition) is 3. The summed E-state index contributed by atoms with van der Waals surface area (Å²) in [6.07, 6.45) is -2.49. The monoisotopic (exact) mass is 262 g/mol. The number of aliphatic hydroxyl groups is 2. The molecule has 2 unspecified atom stereocenters. The molecule has 0 aromatic heterocycles. The summed E-state index contributed by atoms with van der Waals surface area (Å²) in [5.41, 5.74) is -0.363. The lowest BCUT2D eigenvalue weighted by molar-refractivity contribution is 0.0149. The largest absolute Gasteiger partial charge is 0.478 e. The average molecular weight is 263 g/mol. The van der Waals surface area contributed by atoms with Gasteiger partial charge in [0.2, 0.25) is 0 Å². The second kappa shape index (κ2) is 5.95. The van der Waals surface area contributed by atoms with E-state index < -0.39 is 24.0 Å². The van der Waals surface area contributed by atoms with Gasteiger partial charge in [-0.05, 0) is 18.6 Å². The zero-order valence-electron chi connectivity index (χ0n) is 8.81. The van der Waals surface area contributed by atoms with Gasteiger partial charge >= 0.3 is 5.97 Å². The first kappa shape index (κ1) is 13.9. The molecule has 6 heteroatoms. The van der Waals surface area contributed by atoms with E-state index in [1.54, 1.807) is 0 Å². The molecule has 0 aliphatic heterocycles. The van der Waals surface area contributed by atoms with Crippen molar-refractivity contribution in [2.24, 2.45) is 0 Å². The summed E-state index contributed by atoms with van der Waals surface area (Å²) in [7, 11) is 0. The molecule has 0 aliphatic rings. The van der Waals surface area contributed by atoms with Crippen LogP contribution in [0.4, 0.5) is 4.39 Å². The van der Waals surface area contributed by atoms with Crippen molar-refractivity contribution in [1.29, 1.82) is 0 Å². The smallest absolute Gasteiger partial charge is 0.335 e. The van der Waals surface area contributed by atoms with Gasteiger partial charge in [0.05, 0.1) is 11.7 Å². The highest BCUT2D eigenvalue weighted by molar-refractivity contribution is 6.17. The first-order valence-electron chi connectivity index (χ1n) is 4.92. The van der Waals surface area contributed by atoms with Crippen LogP contribution in [0.5, 0.6) is 0 Å². The third kappa shape index (κ3) is 3.39. The van der Waals surface area contributed by atoms with Crippen LogP contribution in [0.2, 0.25) is 0 Å². The molecule has 4 nitrogen and oxygen atoms in total. The van der Waals surface area contributed by atoms with Gasteiger partial charge in [-0.3, -0.25) is 0 Å². The summed E-state index contributed by atoms with van der Waals surface area (Å²) in [6, 6.07) is 3.10. The van der Waals surface area contributed by atoms with Crippen LogP contribution in [0.25, 0.3) is 0 Å². The standard InChI is InChI=1S/C11H12ClFO4/c12-4-3-9(14)10(15)7-2-1-6(11(16)17)5-8(7)13/h1-2,5,9-10,14-15H,3-4H2,(H,16,17). The predicted molar refractivity (Wildman–Crippen MR) is 59.7 cm³/mol. The Balaban J connectivity index is 2.95. The molecule has 0 radical (unpaired) electrons. The van der Waals surface area contributed by atoms with Crippen molar-refractivity contribution in [3.05, 3.63) is 35.1 Å². The number of rotatable bonds is 5. The lowest BCUT2D eigenvalue weighted by Gasteiger charge is -2.17. The zero-order valence-corrected chi connectivity index (χ0v) is 9.56. The number of carboxylic acids is 1. The first-order chi connectivity index (χ1) is 7.97. The third-order valence-electron chi connectivity index (χ3n) is 2.34. The van der Waals surface area contributed by atoms with Crippen LogP contribution in [0.15, 0.2) is 18.2 Å². The molecule has 3 N–H and O–H groups in total. The van der Waals surface area contributed by atoms with E-state index in [1.807, 2.05) is 0 Å². The Morgan fingerprint density at radius 1 is 1.41 bits per heavy atom. The third-order valence-corrected chi connectivity index (χ3v) is 2.55. The number of benzene rings is 1. The number of alkyl halides is 1. The molecule has 0 amide bonds. The Morgan fingerprint density at radius 3 is 2.53 bits per heavy atom. The van der Waals surface area contributed by atoms with Gasteiger partial charge in [0.25, 0.3) is 0 Å². The van der Waals surface area contributed by atoms with Gasteiger partial charge in [-0.25, -0.2) is 9.18 Å². The maximum absolute atomic E-state index is 13.5. The van der Waals surface area contributed by atoms with E-state index in [9.17, 15) is 19.4 Å². The Bertz CT molecular complexity index is 410. The molecule has 0 saturated carbocycles. The van der Waals surface area contributed by atoms with Crippen LogP contribution >= 0.6 is 11.6 Å². The fourth-order valence-corrected chi connectivity index (χ4v) is 1.60. The van der Waals surface area contributed by atoms with Gasteiger partial charge < -0.3 is 15.3 Å². The van der Waals surface area contributed by atoms with Crippen molar-refractivity contribution >= 4 is 17.6 Å². The van der Waals surface area contributed by atoms with Crippen molar-refractivity contribution in [2.45, 2.75) is 18.6 Å². The average Bonchev–Trinajstić information content (AvgIpc) is 2.28. The molecule has 1 aromatic carbocycles. The molecule has 1 rings (SSSR count). The van der Waals surface area contributed by atoms with Crippen LogP contribution < -0.4 is 0 Å². The van der Waals surface area contributed by atoms with Gasteiger partial charge in [-0.2, -0.15) is 0 Å². The molecule has 1 aromatic rings. The number of carboxylic acid groups (broad SMARTS) is 1. The summed E-state index contributed by atoms with van der Waals surface area (Å²) >= 11 is 5.39. The van der Waals surface area contributed by atoms with Crippen molar-refractivity contribution in [1.82, 2.24) is 0 Å². The lowest BCUT2D eigenvalue weighted by Crippen LogP contribution is -2.20. The summed E-state index contributed by atoms with van der Waals surface area (Å²) in [6.45, 7) is 0. The van der Waals surface area contributed by atoms with Gasteiger partial charge in [-0.1, -0.05) is 6.07 Å². The highest BCUT2D eigenvalue weighted by Gasteiger charge is 2.21. The first-order valence-corrected chi connectivity index (χ1v) is 5.45. The van der Waals surface area contributed by atoms with E-state index in [4.69, 9.17) is 16.7 Å². The summed E-state index contributed by atoms with van der Waals surface area (Å²) in [5, 5.41) is 27.7. The van der Waals surface area contributed by atoms with Crippen LogP contribution in [-0.4, -0.2) is 33.3 Å². The molecular formula is C11H12ClFO4. The van der Waals surface area contributed by atoms with Gasteiger partial charge in [0.15, 0.2) is 0 Å². The van der Waals surface area contributed by atoms with E-state index in [2.05, 4.69) is 0 Å². The normalized spacial score (nSPS) is 14.4. The minimum atomic E-state index is -1.42. The Hall–Kier alpha value is -1.17. The van der Waals surface area contributed by atoms with Gasteiger partial charge in [-0.15, -0.1) is 11.6 Å². The summed E-state index contributed by atoms with van der Waals surface area (Å²) in [4.78, 5) is 10.6. The van der Waals surface area contributed by atoms with E-state index >= 15 is 0 Å². The minimum Gasteiger partial charge on any atom is -0.478 e. The fourth-order valence-electron chi connectivity index (χ4n) is 1.38. The van der Waals surface area contributed by atoms with Crippen LogP contribution in [-0.2, 0) is 0 Å². The van der Waals surface area contributed by atoms with E-state index in [-0.39, 0.29) is 23.4 Å². The van der Waals surface area contributed by atoms with E-state index in [1.165, 1.54) is 0 Å². The Morgan fingerprint density at radius 2 is 2.06 bits per heavy atom. The second-order valence-electron chi connectivity index (χ2n) is 3.53. The molecule has 0 fully saturated rings. The molecule has 94 valence electrons. The number of hydrogen-bond acceptors (Lipinski definition) is 3. The maximum atomic E-state index is 13.5. The van der Waals surface area contributed by atoms with Crippen molar-refractivity contribution in [3.63, 3.8) is 0 Å². The molecule has 0 spiro atoms. The Labute approximate surface area is 102 Å². The molecule has 2 atom stereocenters. The van der Waals surface area contributed by atoms with Crippen LogP contribution in [0.3, 0.4) is 0 Å². The molecule has 17 heavy (non-hydrogen) atoms.